The summed E-state index contributed by atoms with van der Waals surface area (Å²) in [7, 11) is 0. The van der Waals surface area contributed by atoms with Gasteiger partial charge in [-0.05, 0) is 19.8 Å². The van der Waals surface area contributed by atoms with Crippen LogP contribution in [0.15, 0.2) is 0 Å². The highest BCUT2D eigenvalue weighted by molar-refractivity contribution is 5.80. The number of esters is 2. The summed E-state index contributed by atoms with van der Waals surface area (Å²) in [4.78, 5) is 21.7. The van der Waals surface area contributed by atoms with Gasteiger partial charge < -0.3 is 15.2 Å². The van der Waals surface area contributed by atoms with Gasteiger partial charge in [-0.2, -0.15) is 5.26 Å². The van der Waals surface area contributed by atoms with Crippen molar-refractivity contribution in [2.24, 2.45) is 11.1 Å². The molecule has 0 amide bonds. The van der Waals surface area contributed by atoms with Crippen molar-refractivity contribution in [2.45, 2.75) is 51.6 Å². The van der Waals surface area contributed by atoms with Crippen LogP contribution >= 0.6 is 0 Å². The maximum absolute atomic E-state index is 11.1. The molecule has 0 atom stereocenters. The topological polar surface area (TPSA) is 102 Å². The number of nitriles is 1. The van der Waals surface area contributed by atoms with E-state index in [0.29, 0.717) is 32.4 Å². The van der Waals surface area contributed by atoms with Crippen LogP contribution in [0.3, 0.4) is 0 Å². The van der Waals surface area contributed by atoms with E-state index in [-0.39, 0.29) is 17.4 Å². The first kappa shape index (κ1) is 16.4. The molecule has 2 aliphatic carbocycles. The number of hydrogen-bond donors (Lipinski definition) is 1. The zero-order valence-electron chi connectivity index (χ0n) is 12.1. The van der Waals surface area contributed by atoms with Crippen molar-refractivity contribution in [3.05, 3.63) is 0 Å². The highest BCUT2D eigenvalue weighted by Gasteiger charge is 2.50. The Morgan fingerprint density at radius 1 is 1.25 bits per heavy atom. The van der Waals surface area contributed by atoms with Gasteiger partial charge in [-0.3, -0.25) is 9.59 Å². The molecular formula is C14H22N2O4. The Labute approximate surface area is 119 Å². The second kappa shape index (κ2) is 6.71. The number of carbonyl (C=O) groups is 2. The molecule has 0 aromatic rings. The van der Waals surface area contributed by atoms with Gasteiger partial charge in [0.1, 0.15) is 6.07 Å². The van der Waals surface area contributed by atoms with Gasteiger partial charge in [0.2, 0.25) is 0 Å². The number of nitrogens with zero attached hydrogens (tertiary/aromatic N) is 1. The van der Waals surface area contributed by atoms with Crippen molar-refractivity contribution < 1.29 is 19.1 Å². The lowest BCUT2D eigenvalue weighted by atomic mass is 10.1. The van der Waals surface area contributed by atoms with E-state index in [9.17, 15) is 9.59 Å². The van der Waals surface area contributed by atoms with E-state index in [4.69, 9.17) is 20.5 Å². The average molecular weight is 282 g/mol. The molecule has 0 spiro atoms. The minimum Gasteiger partial charge on any atom is -0.466 e. The standard InChI is InChI=1S/C7H13NO2.C7H9NO2/c1-2-10-6(9)7(5-8)3-4-7;1-2-6(9)10-7(5-8)3-4-7/h2-5,8H2,1H3;2-4H2,1H3. The van der Waals surface area contributed by atoms with Crippen molar-refractivity contribution in [3.8, 4) is 6.07 Å². The van der Waals surface area contributed by atoms with Gasteiger partial charge in [0.25, 0.3) is 0 Å². The van der Waals surface area contributed by atoms with Gasteiger partial charge in [-0.15, -0.1) is 0 Å². The average Bonchev–Trinajstić information content (AvgIpc) is 3.35. The van der Waals surface area contributed by atoms with Crippen LogP contribution in [0, 0.1) is 16.7 Å². The quantitative estimate of drug-likeness (QED) is 0.762. The first-order valence-corrected chi connectivity index (χ1v) is 6.98. The van der Waals surface area contributed by atoms with Gasteiger partial charge in [-0.25, -0.2) is 0 Å². The summed E-state index contributed by atoms with van der Waals surface area (Å²) in [5, 5.41) is 8.47. The van der Waals surface area contributed by atoms with Gasteiger partial charge in [-0.1, -0.05) is 6.92 Å². The van der Waals surface area contributed by atoms with Crippen molar-refractivity contribution in [1.29, 1.82) is 5.26 Å². The minimum atomic E-state index is -0.729. The predicted molar refractivity (Wildman–Crippen MR) is 71.3 cm³/mol. The highest BCUT2D eigenvalue weighted by atomic mass is 16.6. The number of ether oxygens (including phenoxy) is 2. The normalized spacial score (nSPS) is 19.7. The molecule has 0 bridgehead atoms. The first-order valence-electron chi connectivity index (χ1n) is 6.98. The fraction of sp³-hybridized carbons (Fsp3) is 0.786. The number of carbonyl (C=O) groups excluding carboxylic acids is 2. The molecule has 6 heteroatoms. The fourth-order valence-corrected chi connectivity index (χ4v) is 1.57. The third-order valence-corrected chi connectivity index (χ3v) is 3.46. The van der Waals surface area contributed by atoms with Gasteiger partial charge in [0, 0.05) is 25.8 Å². The van der Waals surface area contributed by atoms with Crippen molar-refractivity contribution in [2.75, 3.05) is 13.2 Å². The molecule has 112 valence electrons. The number of nitrogens with two attached hydrogens (primary N) is 1. The van der Waals surface area contributed by atoms with Gasteiger partial charge in [0.15, 0.2) is 5.60 Å². The lowest BCUT2D eigenvalue weighted by Crippen LogP contribution is -2.27. The lowest BCUT2D eigenvalue weighted by molar-refractivity contribution is -0.149. The second-order valence-electron chi connectivity index (χ2n) is 5.14. The third kappa shape index (κ3) is 4.20. The monoisotopic (exact) mass is 282 g/mol. The van der Waals surface area contributed by atoms with Crippen molar-refractivity contribution in [1.82, 2.24) is 0 Å². The molecule has 2 N–H and O–H groups in total. The molecule has 0 saturated heterocycles. The van der Waals surface area contributed by atoms with Crippen LogP contribution in [-0.4, -0.2) is 30.7 Å². The minimum absolute atomic E-state index is 0.113. The van der Waals surface area contributed by atoms with Crippen LogP contribution < -0.4 is 5.73 Å². The molecule has 2 rings (SSSR count). The summed E-state index contributed by atoms with van der Waals surface area (Å²) in [6.07, 6.45) is 3.57. The molecule has 0 unspecified atom stereocenters. The van der Waals surface area contributed by atoms with E-state index >= 15 is 0 Å². The molecule has 0 aliphatic heterocycles. The largest absolute Gasteiger partial charge is 0.466 e. The molecular weight excluding hydrogens is 260 g/mol. The first-order chi connectivity index (χ1) is 9.47. The summed E-state index contributed by atoms with van der Waals surface area (Å²) in [6.45, 7) is 4.42. The van der Waals surface area contributed by atoms with E-state index < -0.39 is 5.60 Å². The van der Waals surface area contributed by atoms with Crippen LogP contribution in [0.2, 0.25) is 0 Å². The molecule has 6 nitrogen and oxygen atoms in total. The van der Waals surface area contributed by atoms with Crippen LogP contribution in [0.1, 0.15) is 46.0 Å². The summed E-state index contributed by atoms with van der Waals surface area (Å²) < 4.78 is 9.69. The summed E-state index contributed by atoms with van der Waals surface area (Å²) in [5.74, 6) is -0.392. The smallest absolute Gasteiger partial charge is 0.313 e. The van der Waals surface area contributed by atoms with E-state index in [1.165, 1.54) is 0 Å². The number of hydrogen-bond acceptors (Lipinski definition) is 6. The molecule has 2 aliphatic rings. The maximum atomic E-state index is 11.1. The van der Waals surface area contributed by atoms with E-state index in [1.54, 1.807) is 6.92 Å². The highest BCUT2D eigenvalue weighted by Crippen LogP contribution is 2.45. The maximum Gasteiger partial charge on any atom is 0.313 e. The Kier molecular flexibility index (Phi) is 5.52. The van der Waals surface area contributed by atoms with Crippen LogP contribution in [0.4, 0.5) is 0 Å². The molecule has 2 saturated carbocycles. The summed E-state index contributed by atoms with van der Waals surface area (Å²) >= 11 is 0. The second-order valence-corrected chi connectivity index (χ2v) is 5.14. The molecule has 0 aromatic carbocycles. The molecule has 2 fully saturated rings. The van der Waals surface area contributed by atoms with Gasteiger partial charge >= 0.3 is 11.9 Å². The molecule has 0 radical (unpaired) electrons. The van der Waals surface area contributed by atoms with Crippen molar-refractivity contribution >= 4 is 11.9 Å². The van der Waals surface area contributed by atoms with E-state index in [2.05, 4.69) is 0 Å². The Bertz CT molecular complexity index is 406. The molecule has 20 heavy (non-hydrogen) atoms. The summed E-state index contributed by atoms with van der Waals surface area (Å²) in [6, 6.07) is 1.97. The Morgan fingerprint density at radius 3 is 2.15 bits per heavy atom. The Morgan fingerprint density at radius 2 is 1.85 bits per heavy atom. The number of rotatable bonds is 5. The molecule has 0 heterocycles. The Balaban J connectivity index is 0.000000200. The Hall–Kier alpha value is -1.61. The van der Waals surface area contributed by atoms with E-state index in [0.717, 1.165) is 12.8 Å². The molecule has 0 aromatic heterocycles. The van der Waals surface area contributed by atoms with Crippen LogP contribution in [0.25, 0.3) is 0 Å². The zero-order valence-corrected chi connectivity index (χ0v) is 12.1. The van der Waals surface area contributed by atoms with Crippen molar-refractivity contribution in [3.63, 3.8) is 0 Å². The van der Waals surface area contributed by atoms with Crippen LogP contribution in [0.5, 0.6) is 0 Å². The lowest BCUT2D eigenvalue weighted by Gasteiger charge is -2.09. The van der Waals surface area contributed by atoms with E-state index in [1.807, 2.05) is 13.0 Å². The zero-order chi connectivity index (χ0) is 15.2. The SMILES string of the molecule is CCC(=O)OC1(C#N)CC1.CCOC(=O)C1(CN)CC1. The fourth-order valence-electron chi connectivity index (χ4n) is 1.57. The van der Waals surface area contributed by atoms with Crippen LogP contribution in [-0.2, 0) is 19.1 Å². The van der Waals surface area contributed by atoms with Gasteiger partial charge in [0.05, 0.1) is 12.0 Å². The third-order valence-electron chi connectivity index (χ3n) is 3.46. The predicted octanol–water partition coefficient (Wildman–Crippen LogP) is 1.28. The summed E-state index contributed by atoms with van der Waals surface area (Å²) in [5.41, 5.74) is 4.39.